The third kappa shape index (κ3) is 4.01. The third-order valence-electron chi connectivity index (χ3n) is 4.53. The van der Waals surface area contributed by atoms with Crippen LogP contribution in [0.3, 0.4) is 0 Å². The third-order valence-corrected chi connectivity index (χ3v) is 7.05. The van der Waals surface area contributed by atoms with Crippen LogP contribution in [0.15, 0.2) is 23.1 Å². The van der Waals surface area contributed by atoms with E-state index in [1.165, 1.54) is 6.42 Å². The van der Waals surface area contributed by atoms with Gasteiger partial charge in [0.2, 0.25) is 0 Å². The molecular formula is C16H23Cl2NOS. The number of halogens is 2. The summed E-state index contributed by atoms with van der Waals surface area (Å²) in [5.74, 6) is 1.25. The van der Waals surface area contributed by atoms with Gasteiger partial charge >= 0.3 is 0 Å². The van der Waals surface area contributed by atoms with Crippen LogP contribution in [0.4, 0.5) is 0 Å². The van der Waals surface area contributed by atoms with Gasteiger partial charge in [0.15, 0.2) is 0 Å². The van der Waals surface area contributed by atoms with E-state index in [4.69, 9.17) is 23.2 Å². The monoisotopic (exact) mass is 347 g/mol. The Kier molecular flexibility index (Phi) is 6.13. The largest absolute Gasteiger partial charge is 0.316 e. The lowest BCUT2D eigenvalue weighted by Crippen LogP contribution is -2.45. The maximum absolute atomic E-state index is 13.0. The second-order valence-corrected chi connectivity index (χ2v) is 8.61. The molecule has 0 aliphatic heterocycles. The Morgan fingerprint density at radius 2 is 2.00 bits per heavy atom. The Morgan fingerprint density at radius 3 is 2.62 bits per heavy atom. The lowest BCUT2D eigenvalue weighted by molar-refractivity contribution is 0.249. The van der Waals surface area contributed by atoms with Crippen LogP contribution >= 0.6 is 23.2 Å². The lowest BCUT2D eigenvalue weighted by atomic mass is 9.79. The summed E-state index contributed by atoms with van der Waals surface area (Å²) in [7, 11) is 0.811. The summed E-state index contributed by atoms with van der Waals surface area (Å²) in [4.78, 5) is 0.666. The molecule has 1 aliphatic rings. The van der Waals surface area contributed by atoms with Crippen molar-refractivity contribution in [2.75, 3.05) is 7.05 Å². The average Bonchev–Trinajstić information content (AvgIpc) is 2.48. The van der Waals surface area contributed by atoms with Crippen molar-refractivity contribution in [3.8, 4) is 0 Å². The van der Waals surface area contributed by atoms with Crippen molar-refractivity contribution >= 4 is 34.0 Å². The van der Waals surface area contributed by atoms with E-state index in [0.29, 0.717) is 26.8 Å². The van der Waals surface area contributed by atoms with Crippen LogP contribution in [0.5, 0.6) is 0 Å². The minimum absolute atomic E-state index is 0.0899. The molecule has 0 amide bonds. The van der Waals surface area contributed by atoms with Gasteiger partial charge in [-0.1, -0.05) is 37.0 Å². The van der Waals surface area contributed by atoms with Gasteiger partial charge in [0, 0.05) is 11.1 Å². The maximum Gasteiger partial charge on any atom is 0.0592 e. The first-order valence-electron chi connectivity index (χ1n) is 7.47. The molecule has 1 N–H and O–H groups in total. The fourth-order valence-corrected chi connectivity index (χ4v) is 5.53. The van der Waals surface area contributed by atoms with E-state index in [9.17, 15) is 4.21 Å². The molecule has 1 aromatic carbocycles. The number of hydrogen-bond donors (Lipinski definition) is 1. The Morgan fingerprint density at radius 1 is 1.29 bits per heavy atom. The van der Waals surface area contributed by atoms with Crippen molar-refractivity contribution in [3.63, 3.8) is 0 Å². The molecule has 1 aromatic rings. The topological polar surface area (TPSA) is 29.1 Å². The van der Waals surface area contributed by atoms with Crippen molar-refractivity contribution in [2.24, 2.45) is 11.8 Å². The Bertz CT molecular complexity index is 521. The molecule has 118 valence electrons. The van der Waals surface area contributed by atoms with Gasteiger partial charge in [-0.25, -0.2) is 0 Å². The van der Waals surface area contributed by atoms with Gasteiger partial charge in [-0.2, -0.15) is 0 Å². The first-order valence-corrected chi connectivity index (χ1v) is 9.43. The van der Waals surface area contributed by atoms with Crippen LogP contribution < -0.4 is 5.32 Å². The van der Waals surface area contributed by atoms with Gasteiger partial charge in [0.1, 0.15) is 0 Å². The molecule has 0 radical (unpaired) electrons. The molecule has 21 heavy (non-hydrogen) atoms. The van der Waals surface area contributed by atoms with Crippen molar-refractivity contribution in [2.45, 2.75) is 49.3 Å². The van der Waals surface area contributed by atoms with Crippen molar-refractivity contribution in [1.29, 1.82) is 0 Å². The molecule has 5 heteroatoms. The molecule has 1 saturated carbocycles. The quantitative estimate of drug-likeness (QED) is 0.867. The molecule has 0 bridgehead atoms. The molecule has 1 aliphatic carbocycles. The Labute approximate surface area is 140 Å². The fourth-order valence-electron chi connectivity index (χ4n) is 3.13. The van der Waals surface area contributed by atoms with E-state index in [0.717, 1.165) is 12.8 Å². The zero-order valence-electron chi connectivity index (χ0n) is 12.7. The van der Waals surface area contributed by atoms with Crippen molar-refractivity contribution < 1.29 is 4.21 Å². The molecule has 2 nitrogen and oxygen atoms in total. The summed E-state index contributed by atoms with van der Waals surface area (Å²) in [6, 6.07) is 5.48. The molecule has 0 saturated heterocycles. The highest BCUT2D eigenvalue weighted by molar-refractivity contribution is 7.85. The van der Waals surface area contributed by atoms with Gasteiger partial charge in [-0.15, -0.1) is 0 Å². The van der Waals surface area contributed by atoms with Crippen LogP contribution in [0.2, 0.25) is 10.0 Å². The van der Waals surface area contributed by atoms with E-state index in [1.807, 2.05) is 7.05 Å². The predicted octanol–water partition coefficient (Wildman–Crippen LogP) is 4.51. The van der Waals surface area contributed by atoms with E-state index in [1.54, 1.807) is 18.2 Å². The fraction of sp³-hybridized carbons (Fsp3) is 0.625. The van der Waals surface area contributed by atoms with Crippen LogP contribution in [0.1, 0.15) is 33.1 Å². The van der Waals surface area contributed by atoms with E-state index >= 15 is 0 Å². The molecule has 2 rings (SSSR count). The minimum Gasteiger partial charge on any atom is -0.316 e. The summed E-state index contributed by atoms with van der Waals surface area (Å²) in [5.41, 5.74) is 0. The van der Waals surface area contributed by atoms with Crippen LogP contribution in [0.25, 0.3) is 0 Å². The van der Waals surface area contributed by atoms with Gasteiger partial charge in [0.25, 0.3) is 0 Å². The summed E-state index contributed by atoms with van der Waals surface area (Å²) >= 11 is 12.3. The second kappa shape index (κ2) is 7.45. The summed E-state index contributed by atoms with van der Waals surface area (Å²) in [5, 5.41) is 4.54. The number of rotatable bonds is 4. The number of nitrogens with one attached hydrogen (secondary N) is 1. The second-order valence-electron chi connectivity index (χ2n) is 6.12. The molecule has 0 aromatic heterocycles. The smallest absolute Gasteiger partial charge is 0.0592 e. The van der Waals surface area contributed by atoms with Gasteiger partial charge in [-0.3, -0.25) is 4.21 Å². The van der Waals surface area contributed by atoms with Gasteiger partial charge in [0.05, 0.1) is 26.0 Å². The standard InChI is InChI=1S/C16H23Cl2NOS/c1-10(2)11-4-7-14(19-3)16(8-11)21(20)15-9-12(17)5-6-13(15)18/h5-6,9-11,14,16,19H,4,7-8H2,1-3H3. The van der Waals surface area contributed by atoms with Crippen molar-refractivity contribution in [3.05, 3.63) is 28.2 Å². The normalized spacial score (nSPS) is 27.8. The highest BCUT2D eigenvalue weighted by Crippen LogP contribution is 2.36. The van der Waals surface area contributed by atoms with E-state index < -0.39 is 10.8 Å². The van der Waals surface area contributed by atoms with Crippen LogP contribution in [-0.4, -0.2) is 22.5 Å². The molecule has 0 spiro atoms. The first kappa shape index (κ1) is 17.3. The molecule has 0 heterocycles. The average molecular weight is 348 g/mol. The van der Waals surface area contributed by atoms with E-state index in [-0.39, 0.29) is 11.3 Å². The predicted molar refractivity (Wildman–Crippen MR) is 91.7 cm³/mol. The zero-order chi connectivity index (χ0) is 15.6. The summed E-state index contributed by atoms with van der Waals surface area (Å²) in [6.45, 7) is 4.49. The lowest BCUT2D eigenvalue weighted by Gasteiger charge is -2.37. The highest BCUT2D eigenvalue weighted by atomic mass is 35.5. The molecule has 4 atom stereocenters. The van der Waals surface area contributed by atoms with Crippen LogP contribution in [0, 0.1) is 11.8 Å². The zero-order valence-corrected chi connectivity index (χ0v) is 15.1. The maximum atomic E-state index is 13.0. The first-order chi connectivity index (χ1) is 9.93. The Balaban J connectivity index is 2.27. The molecule has 4 unspecified atom stereocenters. The SMILES string of the molecule is CNC1CCC(C(C)C)CC1S(=O)c1cc(Cl)ccc1Cl. The summed E-state index contributed by atoms with van der Waals surface area (Å²) in [6.07, 6.45) is 3.23. The molecular weight excluding hydrogens is 325 g/mol. The summed E-state index contributed by atoms with van der Waals surface area (Å²) < 4.78 is 13.0. The number of benzene rings is 1. The number of hydrogen-bond acceptors (Lipinski definition) is 2. The minimum atomic E-state index is -1.14. The van der Waals surface area contributed by atoms with Gasteiger partial charge in [-0.05, 0) is 56.3 Å². The molecule has 1 fully saturated rings. The van der Waals surface area contributed by atoms with Gasteiger partial charge < -0.3 is 5.32 Å². The Hall–Kier alpha value is -0.0900. The highest BCUT2D eigenvalue weighted by Gasteiger charge is 2.35. The van der Waals surface area contributed by atoms with E-state index in [2.05, 4.69) is 19.2 Å². The van der Waals surface area contributed by atoms with Crippen molar-refractivity contribution in [1.82, 2.24) is 5.32 Å². The van der Waals surface area contributed by atoms with Crippen LogP contribution in [-0.2, 0) is 10.8 Å².